The molecule has 0 saturated carbocycles. The van der Waals surface area contributed by atoms with Crippen molar-refractivity contribution in [1.29, 1.82) is 0 Å². The Balaban J connectivity index is 2.47. The molecule has 19 heavy (non-hydrogen) atoms. The molecule has 0 aromatic carbocycles. The monoisotopic (exact) mass is 269 g/mol. The van der Waals surface area contributed by atoms with Gasteiger partial charge in [0.05, 0.1) is 6.04 Å². The molecule has 1 aliphatic rings. The summed E-state index contributed by atoms with van der Waals surface area (Å²) in [6, 6.07) is -0.381. The molecule has 2 N–H and O–H groups in total. The first-order valence-electron chi connectivity index (χ1n) is 7.42. The topological polar surface area (TPSA) is 66.6 Å². The number of hydrogen-bond acceptors (Lipinski definition) is 3. The van der Waals surface area contributed by atoms with Gasteiger partial charge in [-0.15, -0.1) is 0 Å². The van der Waals surface area contributed by atoms with Crippen molar-refractivity contribution >= 4 is 11.8 Å². The van der Waals surface area contributed by atoms with Crippen LogP contribution < -0.4 is 5.73 Å². The van der Waals surface area contributed by atoms with E-state index in [1.165, 1.54) is 0 Å². The third kappa shape index (κ3) is 4.82. The maximum atomic E-state index is 12.2. The quantitative estimate of drug-likeness (QED) is 0.809. The lowest BCUT2D eigenvalue weighted by Gasteiger charge is -2.24. The van der Waals surface area contributed by atoms with E-state index >= 15 is 0 Å². The van der Waals surface area contributed by atoms with Crippen molar-refractivity contribution in [3.8, 4) is 0 Å². The van der Waals surface area contributed by atoms with Gasteiger partial charge in [0.1, 0.15) is 0 Å². The molecule has 0 aromatic heterocycles. The summed E-state index contributed by atoms with van der Waals surface area (Å²) in [6.07, 6.45) is 4.17. The number of nitrogens with zero attached hydrogens (tertiary/aromatic N) is 2. The highest BCUT2D eigenvalue weighted by Crippen LogP contribution is 2.08. The van der Waals surface area contributed by atoms with E-state index in [4.69, 9.17) is 5.73 Å². The van der Waals surface area contributed by atoms with Gasteiger partial charge in [-0.1, -0.05) is 26.7 Å². The van der Waals surface area contributed by atoms with Crippen molar-refractivity contribution < 1.29 is 9.59 Å². The number of carbonyl (C=O) groups excluding carboxylic acids is 2. The van der Waals surface area contributed by atoms with Crippen LogP contribution in [0.4, 0.5) is 0 Å². The third-order valence-corrected chi connectivity index (χ3v) is 3.65. The summed E-state index contributed by atoms with van der Waals surface area (Å²) in [5.74, 6) is 0.212. The van der Waals surface area contributed by atoms with Gasteiger partial charge >= 0.3 is 0 Å². The maximum absolute atomic E-state index is 12.2. The molecule has 0 bridgehead atoms. The van der Waals surface area contributed by atoms with Gasteiger partial charge in [-0.3, -0.25) is 9.59 Å². The van der Waals surface area contributed by atoms with Crippen LogP contribution in [-0.4, -0.2) is 53.8 Å². The van der Waals surface area contributed by atoms with Gasteiger partial charge in [0.2, 0.25) is 11.8 Å². The average Bonchev–Trinajstić information content (AvgIpc) is 2.68. The van der Waals surface area contributed by atoms with E-state index in [2.05, 4.69) is 6.92 Å². The fraction of sp³-hybridized carbons (Fsp3) is 0.857. The predicted molar refractivity (Wildman–Crippen MR) is 75.6 cm³/mol. The van der Waals surface area contributed by atoms with Crippen LogP contribution in [0.5, 0.6) is 0 Å². The lowest BCUT2D eigenvalue weighted by atomic mass is 10.1. The number of carbonyl (C=O) groups is 2. The molecule has 5 heteroatoms. The minimum Gasteiger partial charge on any atom is -0.341 e. The zero-order valence-electron chi connectivity index (χ0n) is 12.2. The molecule has 1 aliphatic heterocycles. The highest BCUT2D eigenvalue weighted by atomic mass is 16.2. The lowest BCUT2D eigenvalue weighted by Crippen LogP contribution is -2.45. The Morgan fingerprint density at radius 1 is 1.11 bits per heavy atom. The number of hydrogen-bond donors (Lipinski definition) is 1. The Hall–Kier alpha value is -1.10. The number of rotatable bonds is 5. The van der Waals surface area contributed by atoms with E-state index < -0.39 is 0 Å². The summed E-state index contributed by atoms with van der Waals surface area (Å²) < 4.78 is 0. The highest BCUT2D eigenvalue weighted by molar-refractivity contribution is 5.82. The second-order valence-corrected chi connectivity index (χ2v) is 5.16. The van der Waals surface area contributed by atoms with E-state index in [0.717, 1.165) is 32.2 Å². The molecule has 0 aliphatic carbocycles. The standard InChI is InChI=1S/C14H27N3O2/c1-3-5-7-12(15)14(19)17-9-6-8-16(10-11-17)13(18)4-2/h12H,3-11,15H2,1-2H3. The first-order chi connectivity index (χ1) is 9.10. The zero-order chi connectivity index (χ0) is 14.3. The molecule has 1 saturated heterocycles. The van der Waals surface area contributed by atoms with Crippen molar-refractivity contribution in [2.24, 2.45) is 5.73 Å². The van der Waals surface area contributed by atoms with Crippen LogP contribution >= 0.6 is 0 Å². The molecule has 1 rings (SSSR count). The van der Waals surface area contributed by atoms with Gasteiger partial charge in [0.15, 0.2) is 0 Å². The molecular formula is C14H27N3O2. The minimum atomic E-state index is -0.381. The van der Waals surface area contributed by atoms with E-state index in [0.29, 0.717) is 26.1 Å². The van der Waals surface area contributed by atoms with Gasteiger partial charge in [-0.05, 0) is 12.8 Å². The van der Waals surface area contributed by atoms with Crippen molar-refractivity contribution in [2.75, 3.05) is 26.2 Å². The van der Waals surface area contributed by atoms with Gasteiger partial charge < -0.3 is 15.5 Å². The molecule has 1 unspecified atom stereocenters. The van der Waals surface area contributed by atoms with Gasteiger partial charge in [0, 0.05) is 32.6 Å². The van der Waals surface area contributed by atoms with Crippen LogP contribution in [0.25, 0.3) is 0 Å². The Bertz CT molecular complexity index is 307. The first-order valence-corrected chi connectivity index (χ1v) is 7.42. The maximum Gasteiger partial charge on any atom is 0.239 e. The molecule has 1 fully saturated rings. The Morgan fingerprint density at radius 2 is 1.74 bits per heavy atom. The van der Waals surface area contributed by atoms with Crippen LogP contribution in [0.3, 0.4) is 0 Å². The fourth-order valence-corrected chi connectivity index (χ4v) is 2.39. The smallest absolute Gasteiger partial charge is 0.239 e. The molecule has 2 amide bonds. The van der Waals surface area contributed by atoms with Crippen molar-refractivity contribution in [3.05, 3.63) is 0 Å². The Labute approximate surface area is 116 Å². The summed E-state index contributed by atoms with van der Waals surface area (Å²) in [4.78, 5) is 27.5. The SMILES string of the molecule is CCCCC(N)C(=O)N1CCCN(C(=O)CC)CC1. The van der Waals surface area contributed by atoms with Crippen LogP contribution in [0.1, 0.15) is 46.0 Å². The summed E-state index contributed by atoms with van der Waals surface area (Å²) in [5.41, 5.74) is 5.93. The molecule has 1 heterocycles. The van der Waals surface area contributed by atoms with Gasteiger partial charge in [-0.2, -0.15) is 0 Å². The lowest BCUT2D eigenvalue weighted by molar-refractivity contribution is -0.134. The summed E-state index contributed by atoms with van der Waals surface area (Å²) >= 11 is 0. The predicted octanol–water partition coefficient (Wildman–Crippen LogP) is 0.975. The second-order valence-electron chi connectivity index (χ2n) is 5.16. The fourth-order valence-electron chi connectivity index (χ4n) is 2.39. The first kappa shape index (κ1) is 16.0. The van der Waals surface area contributed by atoms with Gasteiger partial charge in [-0.25, -0.2) is 0 Å². The van der Waals surface area contributed by atoms with Crippen LogP contribution in [-0.2, 0) is 9.59 Å². The molecule has 110 valence electrons. The van der Waals surface area contributed by atoms with Crippen molar-refractivity contribution in [1.82, 2.24) is 9.80 Å². The minimum absolute atomic E-state index is 0.0410. The summed E-state index contributed by atoms with van der Waals surface area (Å²) in [5, 5.41) is 0. The summed E-state index contributed by atoms with van der Waals surface area (Å²) in [7, 11) is 0. The average molecular weight is 269 g/mol. The van der Waals surface area contributed by atoms with Gasteiger partial charge in [0.25, 0.3) is 0 Å². The van der Waals surface area contributed by atoms with E-state index in [1.807, 2.05) is 16.7 Å². The molecule has 1 atom stereocenters. The number of amides is 2. The molecule has 0 spiro atoms. The second kappa shape index (κ2) is 8.15. The van der Waals surface area contributed by atoms with Crippen molar-refractivity contribution in [3.63, 3.8) is 0 Å². The normalized spacial score (nSPS) is 18.1. The van der Waals surface area contributed by atoms with Crippen LogP contribution in [0.15, 0.2) is 0 Å². The molecular weight excluding hydrogens is 242 g/mol. The van der Waals surface area contributed by atoms with Crippen molar-refractivity contribution in [2.45, 2.75) is 52.0 Å². The molecule has 5 nitrogen and oxygen atoms in total. The van der Waals surface area contributed by atoms with Crippen LogP contribution in [0, 0.1) is 0 Å². The van der Waals surface area contributed by atoms with E-state index in [1.54, 1.807) is 0 Å². The largest absolute Gasteiger partial charge is 0.341 e. The molecule has 0 radical (unpaired) electrons. The van der Waals surface area contributed by atoms with E-state index in [-0.39, 0.29) is 17.9 Å². The van der Waals surface area contributed by atoms with Crippen LogP contribution in [0.2, 0.25) is 0 Å². The number of nitrogens with two attached hydrogens (primary N) is 1. The third-order valence-electron chi connectivity index (χ3n) is 3.65. The Morgan fingerprint density at radius 3 is 2.37 bits per heavy atom. The number of unbranched alkanes of at least 4 members (excludes halogenated alkanes) is 1. The molecule has 0 aromatic rings. The van der Waals surface area contributed by atoms with E-state index in [9.17, 15) is 9.59 Å². The summed E-state index contributed by atoms with van der Waals surface area (Å²) in [6.45, 7) is 6.68. The Kier molecular flexibility index (Phi) is 6.84. The zero-order valence-corrected chi connectivity index (χ0v) is 12.2. The highest BCUT2D eigenvalue weighted by Gasteiger charge is 2.24.